The molecule has 0 aliphatic rings. The highest BCUT2D eigenvalue weighted by atomic mass is 16.5. The topological polar surface area (TPSA) is 89.6 Å². The third-order valence-corrected chi connectivity index (χ3v) is 2.84. The number of carboxylic acid groups (broad SMARTS) is 1. The number of fused-ring (bicyclic) bond motifs is 3. The van der Waals surface area contributed by atoms with E-state index in [1.165, 1.54) is 13.2 Å². The van der Waals surface area contributed by atoms with Gasteiger partial charge in [-0.25, -0.2) is 9.31 Å². The molecule has 2 aromatic heterocycles. The predicted molar refractivity (Wildman–Crippen MR) is 66.5 cm³/mol. The molecule has 0 bridgehead atoms. The zero-order valence-electron chi connectivity index (χ0n) is 10.3. The maximum absolute atomic E-state index is 11.1. The van der Waals surface area contributed by atoms with Gasteiger partial charge in [0.25, 0.3) is 0 Å². The van der Waals surface area contributed by atoms with Gasteiger partial charge in [0, 0.05) is 6.07 Å². The number of aromatic carboxylic acids is 1. The summed E-state index contributed by atoms with van der Waals surface area (Å²) in [6.45, 7) is 1.85. The molecule has 0 unspecified atom stereocenters. The Balaban J connectivity index is 2.46. The highest BCUT2D eigenvalue weighted by Gasteiger charge is 2.17. The number of aromatic nitrogens is 4. The first-order valence-electron chi connectivity index (χ1n) is 5.55. The molecule has 0 amide bonds. The Labute approximate surface area is 107 Å². The first-order valence-corrected chi connectivity index (χ1v) is 5.55. The van der Waals surface area contributed by atoms with E-state index >= 15 is 0 Å². The molecule has 0 saturated heterocycles. The van der Waals surface area contributed by atoms with Gasteiger partial charge in [-0.3, -0.25) is 0 Å². The molecule has 0 aliphatic carbocycles. The average molecular weight is 258 g/mol. The Kier molecular flexibility index (Phi) is 2.34. The fourth-order valence-corrected chi connectivity index (χ4v) is 2.04. The Morgan fingerprint density at radius 3 is 2.84 bits per heavy atom. The van der Waals surface area contributed by atoms with E-state index in [9.17, 15) is 4.79 Å². The van der Waals surface area contributed by atoms with Crippen LogP contribution in [0, 0.1) is 6.92 Å². The first-order chi connectivity index (χ1) is 9.11. The molecule has 7 heteroatoms. The molecule has 0 saturated carbocycles. The van der Waals surface area contributed by atoms with Crippen LogP contribution in [0.3, 0.4) is 0 Å². The van der Waals surface area contributed by atoms with Crippen molar-refractivity contribution in [3.05, 3.63) is 29.5 Å². The molecule has 96 valence electrons. The largest absolute Gasteiger partial charge is 0.493 e. The lowest BCUT2D eigenvalue weighted by Crippen LogP contribution is -2.04. The number of methoxy groups -OCH3 is 1. The standard InChI is InChI=1S/C12H10N4O3/c1-6-5-9-13-14-10-8(16(9)15-6)4-3-7(12(17)18)11(10)19-2/h3-5H,1-2H3,(H,17,18). The normalized spacial score (nSPS) is 11.1. The summed E-state index contributed by atoms with van der Waals surface area (Å²) >= 11 is 0. The van der Waals surface area contributed by atoms with Crippen molar-refractivity contribution in [2.24, 2.45) is 0 Å². The van der Waals surface area contributed by atoms with Gasteiger partial charge in [0.15, 0.2) is 16.9 Å². The smallest absolute Gasteiger partial charge is 0.339 e. The number of hydrogen-bond donors (Lipinski definition) is 1. The third kappa shape index (κ3) is 1.59. The molecule has 3 rings (SSSR count). The summed E-state index contributed by atoms with van der Waals surface area (Å²) in [6, 6.07) is 4.92. The van der Waals surface area contributed by atoms with Gasteiger partial charge in [-0.2, -0.15) is 5.10 Å². The lowest BCUT2D eigenvalue weighted by molar-refractivity contribution is 0.0693. The minimum atomic E-state index is -1.07. The van der Waals surface area contributed by atoms with E-state index in [0.717, 1.165) is 5.69 Å². The molecule has 0 fully saturated rings. The summed E-state index contributed by atoms with van der Waals surface area (Å²) < 4.78 is 6.77. The second-order valence-electron chi connectivity index (χ2n) is 4.07. The van der Waals surface area contributed by atoms with Crippen LogP contribution in [-0.2, 0) is 0 Å². The molecule has 1 aromatic carbocycles. The molecule has 19 heavy (non-hydrogen) atoms. The van der Waals surface area contributed by atoms with E-state index in [0.29, 0.717) is 16.7 Å². The second kappa shape index (κ2) is 3.91. The number of aryl methyl sites for hydroxylation is 1. The summed E-state index contributed by atoms with van der Waals surface area (Å²) in [6.07, 6.45) is 0. The van der Waals surface area contributed by atoms with Crippen LogP contribution in [0.4, 0.5) is 0 Å². The maximum atomic E-state index is 11.1. The molecule has 1 N–H and O–H groups in total. The summed E-state index contributed by atoms with van der Waals surface area (Å²) in [5, 5.41) is 21.5. The average Bonchev–Trinajstić information content (AvgIpc) is 2.77. The highest BCUT2D eigenvalue weighted by molar-refractivity contribution is 5.98. The third-order valence-electron chi connectivity index (χ3n) is 2.84. The van der Waals surface area contributed by atoms with Crippen LogP contribution in [0.25, 0.3) is 16.7 Å². The lowest BCUT2D eigenvalue weighted by atomic mass is 10.1. The van der Waals surface area contributed by atoms with Crippen molar-refractivity contribution >= 4 is 22.6 Å². The van der Waals surface area contributed by atoms with Crippen molar-refractivity contribution in [2.75, 3.05) is 7.11 Å². The number of ether oxygens (including phenoxy) is 1. The molecule has 0 aliphatic heterocycles. The second-order valence-corrected chi connectivity index (χ2v) is 4.07. The number of nitrogens with zero attached hydrogens (tertiary/aromatic N) is 4. The van der Waals surface area contributed by atoms with E-state index in [2.05, 4.69) is 15.3 Å². The quantitative estimate of drug-likeness (QED) is 0.745. The monoisotopic (exact) mass is 258 g/mol. The van der Waals surface area contributed by atoms with Gasteiger partial charge in [-0.15, -0.1) is 10.2 Å². The van der Waals surface area contributed by atoms with Crippen molar-refractivity contribution in [3.8, 4) is 5.75 Å². The fraction of sp³-hybridized carbons (Fsp3) is 0.167. The predicted octanol–water partition coefficient (Wildman–Crippen LogP) is 1.29. The number of hydrogen-bond acceptors (Lipinski definition) is 5. The summed E-state index contributed by atoms with van der Waals surface area (Å²) in [7, 11) is 1.40. The van der Waals surface area contributed by atoms with Gasteiger partial charge in [-0.1, -0.05) is 0 Å². The van der Waals surface area contributed by atoms with Gasteiger partial charge in [0.1, 0.15) is 5.56 Å². The minimum Gasteiger partial charge on any atom is -0.493 e. The summed E-state index contributed by atoms with van der Waals surface area (Å²) in [4.78, 5) is 11.1. The maximum Gasteiger partial charge on any atom is 0.339 e. The Morgan fingerprint density at radius 1 is 1.37 bits per heavy atom. The summed E-state index contributed by atoms with van der Waals surface area (Å²) in [5.41, 5.74) is 2.49. The van der Waals surface area contributed by atoms with E-state index in [4.69, 9.17) is 9.84 Å². The Morgan fingerprint density at radius 2 is 2.16 bits per heavy atom. The molecule has 0 atom stereocenters. The number of rotatable bonds is 2. The van der Waals surface area contributed by atoms with Crippen LogP contribution in [0.1, 0.15) is 16.1 Å². The van der Waals surface area contributed by atoms with Crippen LogP contribution in [0.5, 0.6) is 5.75 Å². The fourth-order valence-electron chi connectivity index (χ4n) is 2.04. The minimum absolute atomic E-state index is 0.0486. The van der Waals surface area contributed by atoms with Crippen LogP contribution in [-0.4, -0.2) is 38.0 Å². The molecule has 0 radical (unpaired) electrons. The van der Waals surface area contributed by atoms with E-state index in [-0.39, 0.29) is 11.3 Å². The zero-order chi connectivity index (χ0) is 13.6. The van der Waals surface area contributed by atoms with Crippen molar-refractivity contribution in [3.63, 3.8) is 0 Å². The Bertz CT molecular complexity index is 809. The molecule has 3 aromatic rings. The van der Waals surface area contributed by atoms with Crippen molar-refractivity contribution in [1.82, 2.24) is 19.8 Å². The van der Waals surface area contributed by atoms with Crippen molar-refractivity contribution in [1.29, 1.82) is 0 Å². The van der Waals surface area contributed by atoms with Crippen molar-refractivity contribution in [2.45, 2.75) is 6.92 Å². The molecular weight excluding hydrogens is 248 g/mol. The molecule has 0 spiro atoms. The van der Waals surface area contributed by atoms with Crippen LogP contribution >= 0.6 is 0 Å². The number of benzene rings is 1. The zero-order valence-corrected chi connectivity index (χ0v) is 10.3. The van der Waals surface area contributed by atoms with Crippen LogP contribution in [0.2, 0.25) is 0 Å². The van der Waals surface area contributed by atoms with Crippen LogP contribution < -0.4 is 4.74 Å². The highest BCUT2D eigenvalue weighted by Crippen LogP contribution is 2.28. The SMILES string of the molecule is COc1c(C(=O)O)ccc2c1nnc1cc(C)nn12. The van der Waals surface area contributed by atoms with E-state index in [1.54, 1.807) is 16.6 Å². The van der Waals surface area contributed by atoms with Gasteiger partial charge >= 0.3 is 5.97 Å². The van der Waals surface area contributed by atoms with Crippen molar-refractivity contribution < 1.29 is 14.6 Å². The first kappa shape index (κ1) is 11.4. The van der Waals surface area contributed by atoms with Gasteiger partial charge < -0.3 is 9.84 Å². The van der Waals surface area contributed by atoms with Gasteiger partial charge in [0.05, 0.1) is 18.3 Å². The van der Waals surface area contributed by atoms with E-state index in [1.807, 2.05) is 6.92 Å². The van der Waals surface area contributed by atoms with Gasteiger partial charge in [-0.05, 0) is 19.1 Å². The summed E-state index contributed by atoms with van der Waals surface area (Å²) in [5.74, 6) is -0.884. The van der Waals surface area contributed by atoms with Crippen LogP contribution in [0.15, 0.2) is 18.2 Å². The molecular formula is C12H10N4O3. The number of carbonyl (C=O) groups is 1. The van der Waals surface area contributed by atoms with E-state index < -0.39 is 5.97 Å². The number of carboxylic acids is 1. The molecule has 7 nitrogen and oxygen atoms in total. The van der Waals surface area contributed by atoms with Gasteiger partial charge in [0.2, 0.25) is 0 Å². The lowest BCUT2D eigenvalue weighted by Gasteiger charge is -2.08. The Hall–Kier alpha value is -2.70. The molecule has 2 heterocycles.